The van der Waals surface area contributed by atoms with Crippen LogP contribution in [0, 0.1) is 5.82 Å². The van der Waals surface area contributed by atoms with E-state index in [4.69, 9.17) is 18.0 Å². The van der Waals surface area contributed by atoms with Crippen LogP contribution >= 0.6 is 12.2 Å². The molecule has 0 heterocycles. The van der Waals surface area contributed by atoms with Gasteiger partial charge < -0.3 is 15.7 Å². The molecule has 0 saturated heterocycles. The van der Waals surface area contributed by atoms with Gasteiger partial charge in [0.05, 0.1) is 12.1 Å². The van der Waals surface area contributed by atoms with Gasteiger partial charge in [0.15, 0.2) is 0 Å². The number of rotatable bonds is 3. The average molecular weight is 282 g/mol. The maximum Gasteiger partial charge on any atom is 0.135 e. The first-order chi connectivity index (χ1) is 9.00. The molecule has 0 spiro atoms. The number of nitrogens with zero attached hydrogens (tertiary/aromatic N) is 1. The standard InChI is InChI=1S/C14H19FN2OS/c1-17(12-4-2-3-5-13(12)18)9-6-7-10(14(16)19)11(15)8-9/h6-8,12-13,18H,2-5H2,1H3,(H2,16,19). The van der Waals surface area contributed by atoms with Crippen LogP contribution in [0.15, 0.2) is 18.2 Å². The number of anilines is 1. The summed E-state index contributed by atoms with van der Waals surface area (Å²) in [5, 5.41) is 10.0. The second-order valence-electron chi connectivity index (χ2n) is 5.06. The van der Waals surface area contributed by atoms with Gasteiger partial charge in [-0.3, -0.25) is 0 Å². The molecule has 0 amide bonds. The molecule has 104 valence electrons. The van der Waals surface area contributed by atoms with Crippen LogP contribution in [0.4, 0.5) is 10.1 Å². The summed E-state index contributed by atoms with van der Waals surface area (Å²) in [6.45, 7) is 0. The highest BCUT2D eigenvalue weighted by molar-refractivity contribution is 7.80. The van der Waals surface area contributed by atoms with Crippen molar-refractivity contribution in [2.45, 2.75) is 37.8 Å². The molecule has 19 heavy (non-hydrogen) atoms. The van der Waals surface area contributed by atoms with Crippen molar-refractivity contribution < 1.29 is 9.50 Å². The summed E-state index contributed by atoms with van der Waals surface area (Å²) in [5.41, 5.74) is 6.44. The van der Waals surface area contributed by atoms with Crippen molar-refractivity contribution in [3.05, 3.63) is 29.6 Å². The van der Waals surface area contributed by atoms with Gasteiger partial charge in [0.2, 0.25) is 0 Å². The van der Waals surface area contributed by atoms with Crippen molar-refractivity contribution in [2.24, 2.45) is 5.73 Å². The fourth-order valence-electron chi connectivity index (χ4n) is 2.66. The van der Waals surface area contributed by atoms with Crippen molar-refractivity contribution in [1.82, 2.24) is 0 Å². The molecule has 2 rings (SSSR count). The average Bonchev–Trinajstić information content (AvgIpc) is 2.38. The van der Waals surface area contributed by atoms with Gasteiger partial charge in [0.25, 0.3) is 0 Å². The highest BCUT2D eigenvalue weighted by atomic mass is 32.1. The van der Waals surface area contributed by atoms with E-state index in [1.807, 2.05) is 11.9 Å². The Morgan fingerprint density at radius 2 is 2.11 bits per heavy atom. The lowest BCUT2D eigenvalue weighted by atomic mass is 9.91. The first-order valence-corrected chi connectivity index (χ1v) is 6.92. The molecule has 1 saturated carbocycles. The molecular formula is C14H19FN2OS. The van der Waals surface area contributed by atoms with Crippen LogP contribution in [0.2, 0.25) is 0 Å². The van der Waals surface area contributed by atoms with Crippen LogP contribution in [0.1, 0.15) is 31.2 Å². The summed E-state index contributed by atoms with van der Waals surface area (Å²) in [4.78, 5) is 2.00. The van der Waals surface area contributed by atoms with E-state index >= 15 is 0 Å². The number of benzene rings is 1. The summed E-state index contributed by atoms with van der Waals surface area (Å²) in [6.07, 6.45) is 3.54. The molecule has 0 aromatic heterocycles. The van der Waals surface area contributed by atoms with Gasteiger partial charge in [-0.05, 0) is 31.0 Å². The molecule has 1 aromatic carbocycles. The van der Waals surface area contributed by atoms with E-state index in [9.17, 15) is 9.50 Å². The molecule has 0 aliphatic heterocycles. The maximum absolute atomic E-state index is 13.9. The summed E-state index contributed by atoms with van der Waals surface area (Å²) < 4.78 is 13.9. The molecule has 1 aliphatic rings. The van der Waals surface area contributed by atoms with Gasteiger partial charge in [-0.25, -0.2) is 4.39 Å². The Bertz CT molecular complexity index is 481. The molecule has 1 aliphatic carbocycles. The van der Waals surface area contributed by atoms with E-state index in [1.54, 1.807) is 12.1 Å². The number of aliphatic hydroxyl groups excluding tert-OH is 1. The molecule has 1 aromatic rings. The van der Waals surface area contributed by atoms with Crippen molar-refractivity contribution in [1.29, 1.82) is 0 Å². The van der Waals surface area contributed by atoms with E-state index in [2.05, 4.69) is 0 Å². The second-order valence-corrected chi connectivity index (χ2v) is 5.50. The molecule has 2 atom stereocenters. The van der Waals surface area contributed by atoms with E-state index in [-0.39, 0.29) is 22.7 Å². The van der Waals surface area contributed by atoms with Gasteiger partial charge in [0.1, 0.15) is 10.8 Å². The Morgan fingerprint density at radius 3 is 2.68 bits per heavy atom. The highest BCUT2D eigenvalue weighted by Crippen LogP contribution is 2.27. The van der Waals surface area contributed by atoms with Crippen LogP contribution < -0.4 is 10.6 Å². The monoisotopic (exact) mass is 282 g/mol. The Morgan fingerprint density at radius 1 is 1.42 bits per heavy atom. The van der Waals surface area contributed by atoms with E-state index in [0.29, 0.717) is 0 Å². The summed E-state index contributed by atoms with van der Waals surface area (Å²) >= 11 is 4.79. The number of hydrogen-bond donors (Lipinski definition) is 2. The zero-order chi connectivity index (χ0) is 14.0. The van der Waals surface area contributed by atoms with Crippen LogP contribution in [-0.2, 0) is 0 Å². The fraction of sp³-hybridized carbons (Fsp3) is 0.500. The lowest BCUT2D eigenvalue weighted by Gasteiger charge is -2.36. The Kier molecular flexibility index (Phi) is 4.37. The fourth-order valence-corrected chi connectivity index (χ4v) is 2.82. The smallest absolute Gasteiger partial charge is 0.135 e. The topological polar surface area (TPSA) is 49.5 Å². The zero-order valence-corrected chi connectivity index (χ0v) is 11.8. The van der Waals surface area contributed by atoms with Crippen LogP contribution in [0.5, 0.6) is 0 Å². The largest absolute Gasteiger partial charge is 0.391 e. The number of thiocarbonyl (C=S) groups is 1. The molecule has 0 bridgehead atoms. The van der Waals surface area contributed by atoms with Crippen LogP contribution in [0.25, 0.3) is 0 Å². The van der Waals surface area contributed by atoms with Crippen molar-refractivity contribution in [2.75, 3.05) is 11.9 Å². The number of aliphatic hydroxyl groups is 1. The lowest BCUT2D eigenvalue weighted by molar-refractivity contribution is 0.106. The number of halogens is 1. The lowest BCUT2D eigenvalue weighted by Crippen LogP contribution is -2.43. The minimum Gasteiger partial charge on any atom is -0.391 e. The molecular weight excluding hydrogens is 263 g/mol. The van der Waals surface area contributed by atoms with Crippen molar-refractivity contribution in [3.63, 3.8) is 0 Å². The number of likely N-dealkylation sites (N-methyl/N-ethyl adjacent to an activating group) is 1. The van der Waals surface area contributed by atoms with Crippen molar-refractivity contribution in [3.8, 4) is 0 Å². The molecule has 5 heteroatoms. The minimum absolute atomic E-state index is 0.0452. The Labute approximate surface area is 118 Å². The normalized spacial score (nSPS) is 23.1. The van der Waals surface area contributed by atoms with E-state index < -0.39 is 5.82 Å². The zero-order valence-electron chi connectivity index (χ0n) is 11.0. The third-order valence-electron chi connectivity index (χ3n) is 3.82. The predicted octanol–water partition coefficient (Wildman–Crippen LogP) is 2.20. The molecule has 3 nitrogen and oxygen atoms in total. The third-order valence-corrected chi connectivity index (χ3v) is 4.04. The highest BCUT2D eigenvalue weighted by Gasteiger charge is 2.27. The third kappa shape index (κ3) is 3.04. The van der Waals surface area contributed by atoms with Gasteiger partial charge in [-0.1, -0.05) is 25.1 Å². The Hall–Kier alpha value is -1.20. The predicted molar refractivity (Wildman–Crippen MR) is 79.0 cm³/mol. The number of hydrogen-bond acceptors (Lipinski definition) is 3. The van der Waals surface area contributed by atoms with Crippen LogP contribution in [-0.4, -0.2) is 29.3 Å². The second kappa shape index (κ2) is 5.84. The summed E-state index contributed by atoms with van der Waals surface area (Å²) in [6, 6.07) is 4.86. The van der Waals surface area contributed by atoms with Crippen LogP contribution in [0.3, 0.4) is 0 Å². The molecule has 2 unspecified atom stereocenters. The van der Waals surface area contributed by atoms with Gasteiger partial charge in [-0.15, -0.1) is 0 Å². The summed E-state index contributed by atoms with van der Waals surface area (Å²) in [5.74, 6) is -0.415. The summed E-state index contributed by atoms with van der Waals surface area (Å²) in [7, 11) is 1.88. The van der Waals surface area contributed by atoms with E-state index in [0.717, 1.165) is 31.4 Å². The van der Waals surface area contributed by atoms with Gasteiger partial charge >= 0.3 is 0 Å². The quantitative estimate of drug-likeness (QED) is 0.835. The van der Waals surface area contributed by atoms with Crippen molar-refractivity contribution >= 4 is 22.9 Å². The van der Waals surface area contributed by atoms with E-state index in [1.165, 1.54) is 6.07 Å². The first-order valence-electron chi connectivity index (χ1n) is 6.51. The van der Waals surface area contributed by atoms with Gasteiger partial charge in [0, 0.05) is 18.3 Å². The van der Waals surface area contributed by atoms with Gasteiger partial charge in [-0.2, -0.15) is 0 Å². The molecule has 0 radical (unpaired) electrons. The maximum atomic E-state index is 13.9. The number of nitrogens with two attached hydrogens (primary N) is 1. The Balaban J connectivity index is 2.21. The SMILES string of the molecule is CN(c1ccc(C(N)=S)c(F)c1)C1CCCCC1O. The first kappa shape index (κ1) is 14.2. The molecule has 1 fully saturated rings. The minimum atomic E-state index is -0.415. The molecule has 3 N–H and O–H groups in total.